The number of allylic oxidation sites excluding steroid dienone is 2. The van der Waals surface area contributed by atoms with E-state index >= 15 is 0 Å². The van der Waals surface area contributed by atoms with E-state index < -0.39 is 67.8 Å². The number of nitro benzene ring substituents is 1. The maximum absolute atomic E-state index is 14.6. The molecule has 49 heavy (non-hydrogen) atoms. The maximum Gasteiger partial charge on any atom is 0.271 e. The lowest BCUT2D eigenvalue weighted by Gasteiger charge is -2.51. The number of anilines is 2. The van der Waals surface area contributed by atoms with Gasteiger partial charge in [0.1, 0.15) is 11.6 Å². The van der Waals surface area contributed by atoms with Gasteiger partial charge in [-0.1, -0.05) is 48.0 Å². The number of rotatable bonds is 4. The molecule has 10 nitrogen and oxygen atoms in total. The fraction of sp³-hybridized carbons (Fsp3) is 0.222. The van der Waals surface area contributed by atoms with Crippen LogP contribution in [0.25, 0.3) is 10.8 Å². The van der Waals surface area contributed by atoms with Crippen LogP contribution < -0.4 is 9.80 Å². The van der Waals surface area contributed by atoms with Crippen LogP contribution in [0.4, 0.5) is 21.5 Å². The smallest absolute Gasteiger partial charge is 0.271 e. The summed E-state index contributed by atoms with van der Waals surface area (Å²) in [6.07, 6.45) is 1.58. The molecule has 2 heterocycles. The Bertz CT molecular complexity index is 2210. The van der Waals surface area contributed by atoms with Crippen molar-refractivity contribution in [3.8, 4) is 5.75 Å². The molecule has 4 aliphatic rings. The number of hydrogen-bond donors (Lipinski definition) is 1. The van der Waals surface area contributed by atoms with Crippen LogP contribution in [0.3, 0.4) is 0 Å². The first kappa shape index (κ1) is 31.2. The van der Waals surface area contributed by atoms with E-state index in [0.717, 1.165) is 28.0 Å². The Morgan fingerprint density at radius 1 is 0.816 bits per heavy atom. The molecular formula is C36H24Cl2FN3O7. The second kappa shape index (κ2) is 10.7. The lowest BCUT2D eigenvalue weighted by Crippen LogP contribution is -2.60. The number of imide groups is 2. The maximum atomic E-state index is 14.6. The van der Waals surface area contributed by atoms with Crippen LogP contribution in [-0.2, 0) is 19.2 Å². The molecule has 0 bridgehead atoms. The van der Waals surface area contributed by atoms with E-state index in [2.05, 4.69) is 0 Å². The Morgan fingerprint density at radius 3 is 2.24 bits per heavy atom. The third-order valence-electron chi connectivity index (χ3n) is 10.4. The second-order valence-electron chi connectivity index (χ2n) is 12.8. The Labute approximate surface area is 287 Å². The quantitative estimate of drug-likeness (QED) is 0.0860. The summed E-state index contributed by atoms with van der Waals surface area (Å²) in [7, 11) is 0. The van der Waals surface area contributed by atoms with Crippen molar-refractivity contribution in [2.24, 2.45) is 17.8 Å². The summed E-state index contributed by atoms with van der Waals surface area (Å²) >= 11 is 14.9. The number of nitrogens with zero attached hydrogens (tertiary/aromatic N) is 3. The summed E-state index contributed by atoms with van der Waals surface area (Å²) in [5.41, 5.74) is 0.800. The first-order valence-electron chi connectivity index (χ1n) is 15.4. The number of nitro groups is 1. The van der Waals surface area contributed by atoms with Gasteiger partial charge in [-0.15, -0.1) is 23.2 Å². The minimum absolute atomic E-state index is 0.0314. The number of carbonyl (C=O) groups is 4. The first-order valence-corrected chi connectivity index (χ1v) is 16.2. The van der Waals surface area contributed by atoms with Crippen molar-refractivity contribution in [3.05, 3.63) is 118 Å². The van der Waals surface area contributed by atoms with Crippen LogP contribution in [0.15, 0.2) is 96.6 Å². The molecule has 4 aromatic rings. The zero-order valence-electron chi connectivity index (χ0n) is 25.3. The van der Waals surface area contributed by atoms with Crippen LogP contribution in [0.5, 0.6) is 5.75 Å². The van der Waals surface area contributed by atoms with E-state index in [9.17, 15) is 38.8 Å². The van der Waals surface area contributed by atoms with Crippen LogP contribution in [0, 0.1) is 33.7 Å². The standard InChI is InChI=1S/C36H24Cl2FN3O7/c37-35-17-27-25(12-13-26-29(27)32(45)40(31(26)44)20-4-3-5-21(16-20)42(48)49)30(24-14-15-28(43)23-7-2-1-6-22(23)24)36(35,38)34(47)41(33(35)46)19-10-8-18(39)9-11-19/h1-12,14-16,26-27,29-30,43H,13,17H2/t26-,27+,29-,30-,35+,36-/m0/s1. The molecule has 0 aromatic heterocycles. The molecule has 0 spiro atoms. The molecule has 246 valence electrons. The van der Waals surface area contributed by atoms with Crippen molar-refractivity contribution in [2.75, 3.05) is 9.80 Å². The fourth-order valence-electron chi connectivity index (χ4n) is 8.30. The lowest BCUT2D eigenvalue weighted by molar-refractivity contribution is -0.384. The Hall–Kier alpha value is -5.13. The van der Waals surface area contributed by atoms with Crippen molar-refractivity contribution >= 4 is 74.7 Å². The number of aromatic hydroxyl groups is 1. The van der Waals surface area contributed by atoms with Gasteiger partial charge in [-0.05, 0) is 66.1 Å². The zero-order chi connectivity index (χ0) is 34.6. The highest BCUT2D eigenvalue weighted by atomic mass is 35.5. The Morgan fingerprint density at radius 2 is 1.53 bits per heavy atom. The summed E-state index contributed by atoms with van der Waals surface area (Å²) < 4.78 is 13.9. The summed E-state index contributed by atoms with van der Waals surface area (Å²) in [4.78, 5) is 65.7. The van der Waals surface area contributed by atoms with Crippen molar-refractivity contribution < 1.29 is 33.6 Å². The Kier molecular flexibility index (Phi) is 6.79. The number of amides is 4. The molecule has 8 rings (SSSR count). The van der Waals surface area contributed by atoms with Crippen molar-refractivity contribution in [2.45, 2.75) is 28.5 Å². The van der Waals surface area contributed by atoms with Crippen molar-refractivity contribution in [3.63, 3.8) is 0 Å². The molecule has 4 amide bonds. The summed E-state index contributed by atoms with van der Waals surface area (Å²) in [5.74, 6) is -7.36. The second-order valence-corrected chi connectivity index (χ2v) is 14.0. The van der Waals surface area contributed by atoms with Crippen LogP contribution in [0.1, 0.15) is 24.3 Å². The highest BCUT2D eigenvalue weighted by molar-refractivity contribution is 6.58. The van der Waals surface area contributed by atoms with Crippen molar-refractivity contribution in [1.82, 2.24) is 0 Å². The predicted molar refractivity (Wildman–Crippen MR) is 178 cm³/mol. The van der Waals surface area contributed by atoms with Gasteiger partial charge in [0.25, 0.3) is 17.5 Å². The van der Waals surface area contributed by atoms with Gasteiger partial charge < -0.3 is 5.11 Å². The molecule has 2 aliphatic heterocycles. The zero-order valence-corrected chi connectivity index (χ0v) is 26.8. The molecule has 13 heteroatoms. The third kappa shape index (κ3) is 4.12. The SMILES string of the molecule is O=C1[C@H]2[C@H](CC=C3[C@H]2C[C@@]2(Cl)C(=O)N(c4ccc(F)cc4)C(=O)[C@@]2(Cl)[C@H]3c2ccc(O)c3ccccc23)C(=O)N1c1cccc([N+](=O)[O-])c1. The number of hydrogen-bond acceptors (Lipinski definition) is 7. The molecule has 1 N–H and O–H groups in total. The lowest BCUT2D eigenvalue weighted by atomic mass is 9.56. The number of benzene rings is 4. The fourth-order valence-corrected chi connectivity index (χ4v) is 9.23. The van der Waals surface area contributed by atoms with E-state index in [4.69, 9.17) is 23.2 Å². The van der Waals surface area contributed by atoms with E-state index in [1.165, 1.54) is 36.4 Å². The van der Waals surface area contributed by atoms with Crippen LogP contribution in [0.2, 0.25) is 0 Å². The number of alkyl halides is 2. The van der Waals surface area contributed by atoms with E-state index in [1.807, 2.05) is 0 Å². The normalized spacial score (nSPS) is 29.2. The molecule has 2 aliphatic carbocycles. The monoisotopic (exact) mass is 699 g/mol. The summed E-state index contributed by atoms with van der Waals surface area (Å²) in [6.45, 7) is 0. The number of fused-ring (bicyclic) bond motifs is 5. The van der Waals surface area contributed by atoms with Crippen LogP contribution >= 0.6 is 23.2 Å². The average Bonchev–Trinajstić information content (AvgIpc) is 3.43. The number of halogens is 3. The highest BCUT2D eigenvalue weighted by Gasteiger charge is 2.76. The molecule has 0 unspecified atom stereocenters. The number of carbonyl (C=O) groups excluding carboxylic acids is 4. The predicted octanol–water partition coefficient (Wildman–Crippen LogP) is 6.36. The molecule has 3 fully saturated rings. The van der Waals surface area contributed by atoms with Gasteiger partial charge in [-0.3, -0.25) is 29.3 Å². The van der Waals surface area contributed by atoms with Gasteiger partial charge in [0.15, 0.2) is 9.75 Å². The topological polar surface area (TPSA) is 138 Å². The number of phenols is 1. The summed E-state index contributed by atoms with van der Waals surface area (Å²) in [5, 5.41) is 23.2. The van der Waals surface area contributed by atoms with Gasteiger partial charge in [0.05, 0.1) is 28.1 Å². The van der Waals surface area contributed by atoms with Gasteiger partial charge in [0, 0.05) is 23.4 Å². The van der Waals surface area contributed by atoms with Crippen molar-refractivity contribution in [1.29, 1.82) is 0 Å². The Balaban J connectivity index is 1.33. The highest BCUT2D eigenvalue weighted by Crippen LogP contribution is 2.66. The first-order chi connectivity index (χ1) is 23.4. The minimum Gasteiger partial charge on any atom is -0.507 e. The molecule has 1 saturated carbocycles. The van der Waals surface area contributed by atoms with Gasteiger partial charge in [-0.2, -0.15) is 0 Å². The van der Waals surface area contributed by atoms with Gasteiger partial charge in [0.2, 0.25) is 11.8 Å². The minimum atomic E-state index is -2.15. The number of non-ortho nitro benzene ring substituents is 1. The van der Waals surface area contributed by atoms with Crippen LogP contribution in [-0.4, -0.2) is 43.4 Å². The van der Waals surface area contributed by atoms with E-state index in [0.29, 0.717) is 21.9 Å². The van der Waals surface area contributed by atoms with Gasteiger partial charge in [-0.25, -0.2) is 14.2 Å². The molecule has 6 atom stereocenters. The molecular weight excluding hydrogens is 676 g/mol. The van der Waals surface area contributed by atoms with Gasteiger partial charge >= 0.3 is 0 Å². The molecule has 4 aromatic carbocycles. The largest absolute Gasteiger partial charge is 0.507 e. The molecule has 0 radical (unpaired) electrons. The number of phenolic OH excluding ortho intramolecular Hbond substituents is 1. The average molecular weight is 701 g/mol. The third-order valence-corrected chi connectivity index (χ3v) is 11.9. The van der Waals surface area contributed by atoms with E-state index in [-0.39, 0.29) is 35.7 Å². The molecule has 2 saturated heterocycles. The van der Waals surface area contributed by atoms with E-state index in [1.54, 1.807) is 36.4 Å². The summed E-state index contributed by atoms with van der Waals surface area (Å²) in [6, 6.07) is 19.9.